The van der Waals surface area contributed by atoms with Crippen LogP contribution in [0.1, 0.15) is 22.3 Å². The lowest BCUT2D eigenvalue weighted by Gasteiger charge is -2.13. The van der Waals surface area contributed by atoms with Gasteiger partial charge >= 0.3 is 0 Å². The molecular formula is C22H20BrN3O. The van der Waals surface area contributed by atoms with Crippen molar-refractivity contribution in [1.29, 1.82) is 0 Å². The van der Waals surface area contributed by atoms with Crippen molar-refractivity contribution in [2.75, 3.05) is 0 Å². The first-order valence-corrected chi connectivity index (χ1v) is 9.62. The van der Waals surface area contributed by atoms with Crippen molar-refractivity contribution >= 4 is 27.0 Å². The van der Waals surface area contributed by atoms with Crippen LogP contribution in [0, 0.1) is 13.8 Å². The van der Waals surface area contributed by atoms with Gasteiger partial charge in [-0.15, -0.1) is 0 Å². The van der Waals surface area contributed by atoms with Crippen molar-refractivity contribution in [3.63, 3.8) is 0 Å². The van der Waals surface area contributed by atoms with Crippen molar-refractivity contribution in [2.24, 2.45) is 0 Å². The summed E-state index contributed by atoms with van der Waals surface area (Å²) < 4.78 is 3.21. The zero-order valence-corrected chi connectivity index (χ0v) is 16.9. The molecule has 0 bridgehead atoms. The Bertz CT molecular complexity index is 1130. The van der Waals surface area contributed by atoms with Crippen molar-refractivity contribution in [1.82, 2.24) is 14.5 Å². The third-order valence-electron chi connectivity index (χ3n) is 4.78. The molecule has 0 aliphatic rings. The number of hydrogen-bond acceptors (Lipinski definition) is 3. The lowest BCUT2D eigenvalue weighted by Crippen LogP contribution is -2.05. The number of aliphatic hydroxyl groups excluding tert-OH is 1. The number of rotatable bonds is 4. The summed E-state index contributed by atoms with van der Waals surface area (Å²) in [6.07, 6.45) is 1.72. The van der Waals surface area contributed by atoms with E-state index in [4.69, 9.17) is 4.98 Å². The average molecular weight is 422 g/mol. The summed E-state index contributed by atoms with van der Waals surface area (Å²) in [7, 11) is 0. The Morgan fingerprint density at radius 1 is 1.04 bits per heavy atom. The number of aromatic nitrogens is 3. The Morgan fingerprint density at radius 3 is 2.70 bits per heavy atom. The number of aryl methyl sites for hydroxylation is 2. The van der Waals surface area contributed by atoms with Gasteiger partial charge in [-0.1, -0.05) is 39.7 Å². The van der Waals surface area contributed by atoms with E-state index in [0.29, 0.717) is 6.54 Å². The van der Waals surface area contributed by atoms with E-state index < -0.39 is 0 Å². The molecule has 136 valence electrons. The largest absolute Gasteiger partial charge is 0.392 e. The first-order valence-electron chi connectivity index (χ1n) is 8.83. The van der Waals surface area contributed by atoms with Gasteiger partial charge in [-0.05, 0) is 60.9 Å². The van der Waals surface area contributed by atoms with Gasteiger partial charge in [0.05, 0.1) is 17.6 Å². The molecule has 0 atom stereocenters. The van der Waals surface area contributed by atoms with Gasteiger partial charge in [0, 0.05) is 17.2 Å². The zero-order valence-electron chi connectivity index (χ0n) is 15.3. The first-order chi connectivity index (χ1) is 13.0. The maximum absolute atomic E-state index is 9.50. The smallest absolute Gasteiger partial charge is 0.160 e. The summed E-state index contributed by atoms with van der Waals surface area (Å²) in [4.78, 5) is 9.36. The molecule has 2 aromatic carbocycles. The zero-order chi connectivity index (χ0) is 19.0. The van der Waals surface area contributed by atoms with Crippen LogP contribution >= 0.6 is 15.9 Å². The number of aliphatic hydroxyl groups is 1. The molecule has 0 aliphatic heterocycles. The lowest BCUT2D eigenvalue weighted by molar-refractivity contribution is 0.282. The summed E-state index contributed by atoms with van der Waals surface area (Å²) in [5.74, 6) is 0.805. The highest BCUT2D eigenvalue weighted by atomic mass is 79.9. The van der Waals surface area contributed by atoms with Gasteiger partial charge < -0.3 is 9.67 Å². The first kappa shape index (κ1) is 17.9. The Hall–Kier alpha value is -2.50. The molecule has 5 heteroatoms. The standard InChI is InChI=1S/C22H20BrN3O/c1-14-3-4-15(2)17(9-14)12-26-21-11-18(23)5-6-19(21)25-22(26)20-10-16(13-27)7-8-24-20/h3-11,27H,12-13H2,1-2H3. The summed E-state index contributed by atoms with van der Waals surface area (Å²) in [6, 6.07) is 16.3. The Balaban J connectivity index is 1.93. The van der Waals surface area contributed by atoms with E-state index in [1.165, 1.54) is 16.7 Å². The van der Waals surface area contributed by atoms with E-state index in [9.17, 15) is 5.11 Å². The molecule has 4 aromatic rings. The van der Waals surface area contributed by atoms with Gasteiger partial charge in [-0.2, -0.15) is 0 Å². The van der Waals surface area contributed by atoms with E-state index in [2.05, 4.69) is 63.6 Å². The number of fused-ring (bicyclic) bond motifs is 1. The summed E-state index contributed by atoms with van der Waals surface area (Å²) in [6.45, 7) is 4.94. The Kier molecular flexibility index (Phi) is 4.81. The number of hydrogen-bond donors (Lipinski definition) is 1. The van der Waals surface area contributed by atoms with Gasteiger partial charge in [-0.25, -0.2) is 4.98 Å². The molecule has 1 N–H and O–H groups in total. The second-order valence-corrected chi connectivity index (χ2v) is 7.71. The predicted octanol–water partition coefficient (Wildman–Crippen LogP) is 5.02. The van der Waals surface area contributed by atoms with Gasteiger partial charge in [0.1, 0.15) is 5.69 Å². The maximum atomic E-state index is 9.50. The van der Waals surface area contributed by atoms with Gasteiger partial charge in [-0.3, -0.25) is 4.98 Å². The van der Waals surface area contributed by atoms with Crippen LogP contribution in [-0.2, 0) is 13.2 Å². The highest BCUT2D eigenvalue weighted by Crippen LogP contribution is 2.28. The molecule has 4 nitrogen and oxygen atoms in total. The number of halogens is 1. The molecule has 27 heavy (non-hydrogen) atoms. The van der Waals surface area contributed by atoms with Gasteiger partial charge in [0.25, 0.3) is 0 Å². The normalized spacial score (nSPS) is 11.3. The molecule has 0 fully saturated rings. The minimum absolute atomic E-state index is 0.0156. The van der Waals surface area contributed by atoms with Crippen LogP contribution in [0.5, 0.6) is 0 Å². The van der Waals surface area contributed by atoms with Crippen LogP contribution in [0.15, 0.2) is 59.2 Å². The SMILES string of the molecule is Cc1ccc(C)c(Cn2c(-c3cc(CO)ccn3)nc3ccc(Br)cc32)c1. The van der Waals surface area contributed by atoms with Crippen molar-refractivity contribution in [3.8, 4) is 11.5 Å². The number of nitrogens with zero attached hydrogens (tertiary/aromatic N) is 3. The Labute approximate surface area is 166 Å². The van der Waals surface area contributed by atoms with Crippen molar-refractivity contribution < 1.29 is 5.11 Å². The fourth-order valence-corrected chi connectivity index (χ4v) is 3.64. The quantitative estimate of drug-likeness (QED) is 0.503. The van der Waals surface area contributed by atoms with E-state index >= 15 is 0 Å². The van der Waals surface area contributed by atoms with Crippen molar-refractivity contribution in [2.45, 2.75) is 27.0 Å². The van der Waals surface area contributed by atoms with Crippen LogP contribution in [0.2, 0.25) is 0 Å². The van der Waals surface area contributed by atoms with E-state index in [-0.39, 0.29) is 6.61 Å². The molecule has 2 heterocycles. The highest BCUT2D eigenvalue weighted by molar-refractivity contribution is 9.10. The predicted molar refractivity (Wildman–Crippen MR) is 112 cm³/mol. The number of pyridine rings is 1. The number of imidazole rings is 1. The van der Waals surface area contributed by atoms with Crippen LogP contribution in [-0.4, -0.2) is 19.6 Å². The van der Waals surface area contributed by atoms with E-state index in [1.54, 1.807) is 6.20 Å². The summed E-state index contributed by atoms with van der Waals surface area (Å²) >= 11 is 3.58. The van der Waals surface area contributed by atoms with Gasteiger partial charge in [0.15, 0.2) is 5.82 Å². The molecule has 2 aromatic heterocycles. The molecule has 0 amide bonds. The Morgan fingerprint density at radius 2 is 1.89 bits per heavy atom. The molecule has 0 saturated heterocycles. The third-order valence-corrected chi connectivity index (χ3v) is 5.27. The monoisotopic (exact) mass is 421 g/mol. The van der Waals surface area contributed by atoms with Crippen LogP contribution in [0.25, 0.3) is 22.6 Å². The van der Waals surface area contributed by atoms with Gasteiger partial charge in [0.2, 0.25) is 0 Å². The molecule has 4 rings (SSSR count). The molecule has 0 aliphatic carbocycles. The molecule has 0 unspecified atom stereocenters. The summed E-state index contributed by atoms with van der Waals surface area (Å²) in [5, 5.41) is 9.50. The number of benzene rings is 2. The summed E-state index contributed by atoms with van der Waals surface area (Å²) in [5.41, 5.74) is 7.31. The van der Waals surface area contributed by atoms with Crippen LogP contribution in [0.4, 0.5) is 0 Å². The second-order valence-electron chi connectivity index (χ2n) is 6.79. The van der Waals surface area contributed by atoms with Crippen LogP contribution in [0.3, 0.4) is 0 Å². The topological polar surface area (TPSA) is 50.9 Å². The molecule has 0 saturated carbocycles. The second kappa shape index (κ2) is 7.25. The highest BCUT2D eigenvalue weighted by Gasteiger charge is 2.15. The average Bonchev–Trinajstić information content (AvgIpc) is 3.02. The lowest BCUT2D eigenvalue weighted by atomic mass is 10.1. The van der Waals surface area contributed by atoms with Crippen molar-refractivity contribution in [3.05, 3.63) is 81.5 Å². The third kappa shape index (κ3) is 3.53. The molecular weight excluding hydrogens is 402 g/mol. The maximum Gasteiger partial charge on any atom is 0.160 e. The van der Waals surface area contributed by atoms with E-state index in [0.717, 1.165) is 32.6 Å². The van der Waals surface area contributed by atoms with E-state index in [1.807, 2.05) is 24.3 Å². The molecule has 0 spiro atoms. The van der Waals surface area contributed by atoms with Crippen LogP contribution < -0.4 is 0 Å². The fourth-order valence-electron chi connectivity index (χ4n) is 3.29. The fraction of sp³-hybridized carbons (Fsp3) is 0.182. The minimum Gasteiger partial charge on any atom is -0.392 e. The minimum atomic E-state index is -0.0156. The molecule has 0 radical (unpaired) electrons.